The fraction of sp³-hybridized carbons (Fsp3) is 0.205. The van der Waals surface area contributed by atoms with Crippen LogP contribution in [0.4, 0.5) is 11.4 Å². The van der Waals surface area contributed by atoms with Crippen molar-refractivity contribution in [3.8, 4) is 33.5 Å². The zero-order chi connectivity index (χ0) is 29.9. The molecule has 0 amide bonds. The normalized spacial score (nSPS) is 12.7. The first-order chi connectivity index (χ1) is 20.5. The van der Waals surface area contributed by atoms with E-state index in [9.17, 15) is 0 Å². The second kappa shape index (κ2) is 11.7. The predicted molar refractivity (Wildman–Crippen MR) is 184 cm³/mol. The summed E-state index contributed by atoms with van der Waals surface area (Å²) in [6, 6.07) is 35.9. The van der Waals surface area contributed by atoms with Crippen LogP contribution in [0.2, 0.25) is 0 Å². The molecule has 4 aromatic carbocycles. The van der Waals surface area contributed by atoms with Crippen LogP contribution in [0.3, 0.4) is 0 Å². The van der Waals surface area contributed by atoms with Gasteiger partial charge in [0.15, 0.2) is 0 Å². The van der Waals surface area contributed by atoms with E-state index < -0.39 is 0 Å². The average molecular weight is 791 g/mol. The summed E-state index contributed by atoms with van der Waals surface area (Å²) in [5, 5.41) is 8.50. The molecule has 0 bridgehead atoms. The summed E-state index contributed by atoms with van der Waals surface area (Å²) in [5.41, 5.74) is 10.7. The Balaban J connectivity index is 0.00000343. The summed E-state index contributed by atoms with van der Waals surface area (Å²) in [6.45, 7) is 13.6. The SMILES string of the molecule is CC(C)(C)c1cc(-c2[c-]c(-c3nccc4ccsc34)cc(C(C)(C)C)c2)[c-]c(-c2cccc3c2[N-]c2ccccc2S3)c1.[Au+3]. The van der Waals surface area contributed by atoms with Gasteiger partial charge in [0.2, 0.25) is 0 Å². The molecule has 0 fully saturated rings. The molecule has 0 aliphatic carbocycles. The third kappa shape index (κ3) is 5.82. The second-order valence-corrected chi connectivity index (χ2v) is 15.2. The number of hydrogen-bond donors (Lipinski definition) is 0. The van der Waals surface area contributed by atoms with E-state index in [1.54, 1.807) is 23.1 Å². The molecular weight excluding hydrogens is 758 g/mol. The molecule has 0 unspecified atom stereocenters. The van der Waals surface area contributed by atoms with Gasteiger partial charge in [-0.25, -0.2) is 0 Å². The zero-order valence-corrected chi connectivity index (χ0v) is 29.5. The number of fused-ring (bicyclic) bond motifs is 3. The van der Waals surface area contributed by atoms with Gasteiger partial charge in [-0.15, -0.1) is 57.1 Å². The first kappa shape index (κ1) is 30.9. The van der Waals surface area contributed by atoms with Crippen LogP contribution in [-0.4, -0.2) is 4.98 Å². The van der Waals surface area contributed by atoms with E-state index in [1.807, 2.05) is 6.20 Å². The third-order valence-electron chi connectivity index (χ3n) is 7.99. The van der Waals surface area contributed by atoms with Gasteiger partial charge >= 0.3 is 22.4 Å². The molecule has 7 rings (SSSR count). The number of aromatic nitrogens is 1. The van der Waals surface area contributed by atoms with Crippen molar-refractivity contribution in [1.29, 1.82) is 0 Å². The standard InChI is InChI=1S/C39H33N2S2.Au/c1-38(2,3)29-20-25(18-27(22-29)31-10-9-13-34-36(31)41-32-11-7-8-12-33(32)43-34)26-19-28(23-30(21-26)39(4,5)6)35-37-24(14-16-40-35)15-17-42-37;/h7-17,20-23H,1-6H3;/q-3;+3. The summed E-state index contributed by atoms with van der Waals surface area (Å²) >= 11 is 3.52. The van der Waals surface area contributed by atoms with Crippen molar-refractivity contribution in [3.05, 3.63) is 119 Å². The summed E-state index contributed by atoms with van der Waals surface area (Å²) in [6.07, 6.45) is 1.91. The molecule has 0 saturated carbocycles. The molecule has 2 nitrogen and oxygen atoms in total. The van der Waals surface area contributed by atoms with Crippen LogP contribution < -0.4 is 0 Å². The average Bonchev–Trinajstić information content (AvgIpc) is 3.48. The third-order valence-corrected chi connectivity index (χ3v) is 10.0. The fourth-order valence-electron chi connectivity index (χ4n) is 5.47. The number of rotatable bonds is 3. The van der Waals surface area contributed by atoms with Crippen molar-refractivity contribution in [2.75, 3.05) is 0 Å². The van der Waals surface area contributed by atoms with E-state index in [4.69, 9.17) is 10.3 Å². The van der Waals surface area contributed by atoms with Gasteiger partial charge in [-0.3, -0.25) is 4.98 Å². The number of para-hydroxylation sites is 2. The van der Waals surface area contributed by atoms with Gasteiger partial charge in [0.05, 0.1) is 0 Å². The van der Waals surface area contributed by atoms with Crippen LogP contribution in [0, 0.1) is 12.1 Å². The van der Waals surface area contributed by atoms with Crippen molar-refractivity contribution >= 4 is 44.6 Å². The molecule has 3 heterocycles. The molecule has 0 N–H and O–H groups in total. The van der Waals surface area contributed by atoms with E-state index in [-0.39, 0.29) is 33.2 Å². The van der Waals surface area contributed by atoms with Gasteiger partial charge in [0, 0.05) is 16.6 Å². The van der Waals surface area contributed by atoms with Gasteiger partial charge in [0.25, 0.3) is 0 Å². The van der Waals surface area contributed by atoms with Crippen LogP contribution in [0.15, 0.2) is 100 Å². The molecule has 0 saturated heterocycles. The van der Waals surface area contributed by atoms with Crippen LogP contribution in [0.1, 0.15) is 52.7 Å². The maximum atomic E-state index is 5.15. The minimum atomic E-state index is -0.0550. The number of nitrogens with zero attached hydrogens (tertiary/aromatic N) is 2. The number of hydrogen-bond acceptors (Lipinski definition) is 3. The van der Waals surface area contributed by atoms with Crippen molar-refractivity contribution in [2.45, 2.75) is 62.2 Å². The Labute approximate surface area is 284 Å². The van der Waals surface area contributed by atoms with Gasteiger partial charge in [-0.05, 0) is 49.6 Å². The molecule has 222 valence electrons. The Bertz CT molecular complexity index is 2010. The molecular formula is C39H33AuN2S2. The second-order valence-electron chi connectivity index (χ2n) is 13.2. The molecule has 6 aromatic rings. The molecule has 44 heavy (non-hydrogen) atoms. The largest absolute Gasteiger partial charge is 3.00 e. The quantitative estimate of drug-likeness (QED) is 0.132. The first-order valence-electron chi connectivity index (χ1n) is 14.7. The van der Waals surface area contributed by atoms with Crippen molar-refractivity contribution in [2.24, 2.45) is 0 Å². The van der Waals surface area contributed by atoms with Gasteiger partial charge < -0.3 is 5.32 Å². The zero-order valence-electron chi connectivity index (χ0n) is 25.7. The van der Waals surface area contributed by atoms with Gasteiger partial charge in [-0.1, -0.05) is 95.3 Å². The summed E-state index contributed by atoms with van der Waals surface area (Å²) in [7, 11) is 0. The monoisotopic (exact) mass is 790 g/mol. The fourth-order valence-corrected chi connectivity index (χ4v) is 7.36. The van der Waals surface area contributed by atoms with Crippen LogP contribution in [0.25, 0.3) is 48.9 Å². The molecule has 0 atom stereocenters. The number of thiophene rings is 1. The van der Waals surface area contributed by atoms with Crippen LogP contribution in [-0.2, 0) is 33.2 Å². The first-order valence-corrected chi connectivity index (χ1v) is 16.3. The molecule has 1 aliphatic rings. The Hall–Kier alpha value is -3.12. The molecule has 0 spiro atoms. The van der Waals surface area contributed by atoms with E-state index in [2.05, 4.69) is 138 Å². The van der Waals surface area contributed by atoms with Crippen LogP contribution >= 0.6 is 23.1 Å². The van der Waals surface area contributed by atoms with E-state index in [0.29, 0.717) is 0 Å². The Morgan fingerprint density at radius 1 is 0.682 bits per heavy atom. The number of pyridine rings is 1. The van der Waals surface area contributed by atoms with Gasteiger partial charge in [-0.2, -0.15) is 35.4 Å². The van der Waals surface area contributed by atoms with Crippen molar-refractivity contribution in [1.82, 2.24) is 4.98 Å². The van der Waals surface area contributed by atoms with E-state index >= 15 is 0 Å². The molecule has 1 aliphatic heterocycles. The summed E-state index contributed by atoms with van der Waals surface area (Å²) in [4.78, 5) is 7.21. The maximum absolute atomic E-state index is 5.15. The number of benzene rings is 4. The molecule has 2 aromatic heterocycles. The summed E-state index contributed by atoms with van der Waals surface area (Å²) in [5.74, 6) is 0. The minimum absolute atomic E-state index is 0. The Kier molecular flexibility index (Phi) is 8.19. The smallest absolute Gasteiger partial charge is 0.662 e. The van der Waals surface area contributed by atoms with Crippen molar-refractivity contribution < 1.29 is 22.4 Å². The Morgan fingerprint density at radius 3 is 2.05 bits per heavy atom. The van der Waals surface area contributed by atoms with Gasteiger partial charge in [0.1, 0.15) is 0 Å². The molecule has 5 heteroatoms. The Morgan fingerprint density at radius 2 is 1.32 bits per heavy atom. The van der Waals surface area contributed by atoms with E-state index in [0.717, 1.165) is 44.9 Å². The topological polar surface area (TPSA) is 27.0 Å². The van der Waals surface area contributed by atoms with Crippen molar-refractivity contribution in [3.63, 3.8) is 0 Å². The minimum Gasteiger partial charge on any atom is -0.662 e. The van der Waals surface area contributed by atoms with E-state index in [1.165, 1.54) is 31.0 Å². The maximum Gasteiger partial charge on any atom is 3.00 e. The predicted octanol–water partition coefficient (Wildman–Crippen LogP) is 12.3. The van der Waals surface area contributed by atoms with Crippen LogP contribution in [0.5, 0.6) is 0 Å². The summed E-state index contributed by atoms with van der Waals surface area (Å²) < 4.78 is 1.19. The molecule has 0 radical (unpaired) electrons.